The van der Waals surface area contributed by atoms with Crippen LogP contribution in [0.15, 0.2) is 41.8 Å². The van der Waals surface area contributed by atoms with Crippen molar-refractivity contribution in [3.63, 3.8) is 0 Å². The van der Waals surface area contributed by atoms with Gasteiger partial charge in [-0.2, -0.15) is 0 Å². The molecule has 174 valence electrons. The standard InChI is InChI=1S/C29H37F3/c1-3-21-14-15-25(18-27(21)30)22-11-6-20(7-12-22)8-13-24-16-17-26(29(32)28(24)31)23-9-4-19(2)5-10-23/h9,15-22H,3-8,10-14H2,1-2H3. The van der Waals surface area contributed by atoms with Gasteiger partial charge in [-0.25, -0.2) is 13.2 Å². The summed E-state index contributed by atoms with van der Waals surface area (Å²) in [6.45, 7) is 4.24. The monoisotopic (exact) mass is 442 g/mol. The highest BCUT2D eigenvalue weighted by Gasteiger charge is 2.26. The molecule has 0 bridgehead atoms. The molecule has 0 spiro atoms. The van der Waals surface area contributed by atoms with Crippen molar-refractivity contribution in [1.29, 1.82) is 0 Å². The van der Waals surface area contributed by atoms with E-state index >= 15 is 0 Å². The first-order chi connectivity index (χ1) is 15.5. The maximum atomic E-state index is 14.8. The first-order valence-electron chi connectivity index (χ1n) is 12.7. The van der Waals surface area contributed by atoms with E-state index in [0.717, 1.165) is 69.8 Å². The molecular formula is C29H37F3. The van der Waals surface area contributed by atoms with E-state index in [9.17, 15) is 13.2 Å². The molecule has 1 aromatic carbocycles. The lowest BCUT2D eigenvalue weighted by molar-refractivity contribution is 0.287. The topological polar surface area (TPSA) is 0 Å². The van der Waals surface area contributed by atoms with Crippen molar-refractivity contribution < 1.29 is 13.2 Å². The van der Waals surface area contributed by atoms with Crippen LogP contribution in [0.3, 0.4) is 0 Å². The van der Waals surface area contributed by atoms with Gasteiger partial charge in [-0.1, -0.05) is 38.1 Å². The maximum absolute atomic E-state index is 14.8. The number of hydrogen-bond donors (Lipinski definition) is 0. The second-order valence-electron chi connectivity index (χ2n) is 10.3. The Morgan fingerprint density at radius 1 is 0.906 bits per heavy atom. The second kappa shape index (κ2) is 10.4. The fraction of sp³-hybridized carbons (Fsp3) is 0.586. The van der Waals surface area contributed by atoms with Gasteiger partial charge in [0.15, 0.2) is 11.6 Å². The van der Waals surface area contributed by atoms with E-state index in [1.54, 1.807) is 18.2 Å². The van der Waals surface area contributed by atoms with E-state index in [-0.39, 0.29) is 11.7 Å². The molecule has 0 aliphatic heterocycles. The molecule has 3 aliphatic carbocycles. The minimum atomic E-state index is -0.671. The normalized spacial score (nSPS) is 28.7. The molecule has 0 saturated heterocycles. The Hall–Kier alpha value is -1.77. The van der Waals surface area contributed by atoms with Gasteiger partial charge in [-0.05, 0) is 111 Å². The lowest BCUT2D eigenvalue weighted by Gasteiger charge is -2.31. The van der Waals surface area contributed by atoms with Gasteiger partial charge in [-0.3, -0.25) is 0 Å². The Bertz CT molecular complexity index is 899. The third-order valence-corrected chi connectivity index (χ3v) is 8.15. The zero-order valence-electron chi connectivity index (χ0n) is 19.6. The van der Waals surface area contributed by atoms with E-state index in [1.165, 1.54) is 5.57 Å². The van der Waals surface area contributed by atoms with E-state index in [0.29, 0.717) is 35.3 Å². The summed E-state index contributed by atoms with van der Waals surface area (Å²) < 4.78 is 43.8. The first kappa shape index (κ1) is 23.4. The number of halogens is 3. The predicted molar refractivity (Wildman–Crippen MR) is 127 cm³/mol. The van der Waals surface area contributed by atoms with Gasteiger partial charge in [0, 0.05) is 11.5 Å². The van der Waals surface area contributed by atoms with Crippen LogP contribution in [0, 0.1) is 35.3 Å². The molecule has 3 aliphatic rings. The molecule has 0 amide bonds. The van der Waals surface area contributed by atoms with Crippen molar-refractivity contribution in [1.82, 2.24) is 0 Å². The summed E-state index contributed by atoms with van der Waals surface area (Å²) in [6.07, 6.45) is 16.4. The zero-order valence-corrected chi connectivity index (χ0v) is 19.6. The van der Waals surface area contributed by atoms with Crippen LogP contribution in [0.5, 0.6) is 0 Å². The fourth-order valence-corrected chi connectivity index (χ4v) is 5.76. The van der Waals surface area contributed by atoms with Crippen LogP contribution >= 0.6 is 0 Å². The molecule has 2 atom stereocenters. The molecule has 0 N–H and O–H groups in total. The molecule has 1 saturated carbocycles. The quantitative estimate of drug-likeness (QED) is 0.412. The minimum Gasteiger partial charge on any atom is -0.212 e. The summed E-state index contributed by atoms with van der Waals surface area (Å²) in [4.78, 5) is 0. The first-order valence-corrected chi connectivity index (χ1v) is 12.7. The highest BCUT2D eigenvalue weighted by atomic mass is 19.2. The molecule has 0 nitrogen and oxygen atoms in total. The third kappa shape index (κ3) is 5.24. The molecule has 1 fully saturated rings. The lowest BCUT2D eigenvalue weighted by Crippen LogP contribution is -2.18. The van der Waals surface area contributed by atoms with Gasteiger partial charge in [0.05, 0.1) is 0 Å². The van der Waals surface area contributed by atoms with E-state index < -0.39 is 11.6 Å². The van der Waals surface area contributed by atoms with Crippen LogP contribution < -0.4 is 0 Å². The summed E-state index contributed by atoms with van der Waals surface area (Å²) in [6, 6.07) is 3.58. The van der Waals surface area contributed by atoms with Crippen molar-refractivity contribution in [2.45, 2.75) is 84.5 Å². The van der Waals surface area contributed by atoms with E-state index in [2.05, 4.69) is 19.1 Å². The number of hydrogen-bond acceptors (Lipinski definition) is 0. The van der Waals surface area contributed by atoms with Gasteiger partial charge in [0.2, 0.25) is 0 Å². The highest BCUT2D eigenvalue weighted by Crippen LogP contribution is 2.40. The summed E-state index contributed by atoms with van der Waals surface area (Å²) >= 11 is 0. The summed E-state index contributed by atoms with van der Waals surface area (Å²) in [7, 11) is 0. The van der Waals surface area contributed by atoms with Gasteiger partial charge < -0.3 is 0 Å². The number of rotatable bonds is 6. The lowest BCUT2D eigenvalue weighted by atomic mass is 9.75. The van der Waals surface area contributed by atoms with Crippen molar-refractivity contribution in [3.8, 4) is 0 Å². The van der Waals surface area contributed by atoms with Gasteiger partial charge >= 0.3 is 0 Å². The summed E-state index contributed by atoms with van der Waals surface area (Å²) in [5.41, 5.74) is 3.09. The largest absolute Gasteiger partial charge is 0.212 e. The Morgan fingerprint density at radius 2 is 1.69 bits per heavy atom. The Labute approximate surface area is 191 Å². The smallest absolute Gasteiger partial charge is 0.166 e. The molecule has 2 unspecified atom stereocenters. The van der Waals surface area contributed by atoms with E-state index in [1.807, 2.05) is 6.92 Å². The van der Waals surface area contributed by atoms with Crippen LogP contribution in [0.2, 0.25) is 0 Å². The van der Waals surface area contributed by atoms with E-state index in [4.69, 9.17) is 0 Å². The van der Waals surface area contributed by atoms with Crippen molar-refractivity contribution in [3.05, 3.63) is 64.5 Å². The summed E-state index contributed by atoms with van der Waals surface area (Å²) in [5, 5.41) is 0. The molecular weight excluding hydrogens is 405 g/mol. The molecule has 32 heavy (non-hydrogen) atoms. The minimum absolute atomic E-state index is 0.0478. The highest BCUT2D eigenvalue weighted by molar-refractivity contribution is 5.67. The molecule has 0 heterocycles. The SMILES string of the molecule is CCC1CC=C(C2CCC(CCc3ccc(C4=CCC(C)CC4)c(F)c3F)CC2)C=C1F. The molecule has 0 radical (unpaired) electrons. The third-order valence-electron chi connectivity index (χ3n) is 8.15. The molecule has 0 aromatic heterocycles. The molecule has 1 aromatic rings. The van der Waals surface area contributed by atoms with Gasteiger partial charge in [0.1, 0.15) is 5.83 Å². The number of aryl methyl sites for hydroxylation is 1. The predicted octanol–water partition coefficient (Wildman–Crippen LogP) is 9.12. The Morgan fingerprint density at radius 3 is 2.34 bits per heavy atom. The number of benzene rings is 1. The molecule has 4 rings (SSSR count). The van der Waals surface area contributed by atoms with Crippen molar-refractivity contribution in [2.75, 3.05) is 0 Å². The average Bonchev–Trinajstić information content (AvgIpc) is 2.81. The van der Waals surface area contributed by atoms with Crippen LogP contribution in [0.4, 0.5) is 13.2 Å². The zero-order chi connectivity index (χ0) is 22.7. The second-order valence-corrected chi connectivity index (χ2v) is 10.3. The van der Waals surface area contributed by atoms with Gasteiger partial charge in [0.25, 0.3) is 0 Å². The average molecular weight is 443 g/mol. The maximum Gasteiger partial charge on any atom is 0.166 e. The Kier molecular flexibility index (Phi) is 7.63. The van der Waals surface area contributed by atoms with Crippen molar-refractivity contribution in [2.24, 2.45) is 23.7 Å². The molecule has 3 heteroatoms. The summed E-state index contributed by atoms with van der Waals surface area (Å²) in [5.74, 6) is 0.400. The van der Waals surface area contributed by atoms with Crippen LogP contribution in [0.1, 0.15) is 89.2 Å². The van der Waals surface area contributed by atoms with Crippen LogP contribution in [0.25, 0.3) is 5.57 Å². The van der Waals surface area contributed by atoms with Gasteiger partial charge in [-0.15, -0.1) is 0 Å². The van der Waals surface area contributed by atoms with Crippen molar-refractivity contribution >= 4 is 5.57 Å². The number of allylic oxidation sites excluding steroid dienone is 6. The van der Waals surface area contributed by atoms with Crippen LogP contribution in [-0.4, -0.2) is 0 Å². The van der Waals surface area contributed by atoms with Crippen LogP contribution in [-0.2, 0) is 6.42 Å². The fourth-order valence-electron chi connectivity index (χ4n) is 5.76. The Balaban J connectivity index is 1.31.